The number of hydrogen-bond donors (Lipinski definition) is 1. The Morgan fingerprint density at radius 3 is 2.37 bits per heavy atom. The molecule has 2 unspecified atom stereocenters. The third-order valence-electron chi connectivity index (χ3n) is 4.62. The average Bonchev–Trinajstić information content (AvgIpc) is 2.78. The monoisotopic (exact) mass is 257 g/mol. The van der Waals surface area contributed by atoms with E-state index in [9.17, 15) is 4.79 Å². The Morgan fingerprint density at radius 2 is 1.79 bits per heavy atom. The molecule has 1 N–H and O–H groups in total. The lowest BCUT2D eigenvalue weighted by Crippen LogP contribution is -2.40. The van der Waals surface area contributed by atoms with E-state index < -0.39 is 0 Å². The fourth-order valence-corrected chi connectivity index (χ4v) is 3.63. The van der Waals surface area contributed by atoms with E-state index in [0.717, 1.165) is 31.2 Å². The minimum atomic E-state index is 0.246. The van der Waals surface area contributed by atoms with E-state index in [1.54, 1.807) is 0 Å². The summed E-state index contributed by atoms with van der Waals surface area (Å²) in [7, 11) is 0. The largest absolute Gasteiger partial charge is 0.311 e. The van der Waals surface area contributed by atoms with Gasteiger partial charge >= 0.3 is 0 Å². The van der Waals surface area contributed by atoms with Gasteiger partial charge in [-0.2, -0.15) is 0 Å². The van der Waals surface area contributed by atoms with Gasteiger partial charge in [0.2, 0.25) is 0 Å². The fourth-order valence-electron chi connectivity index (χ4n) is 3.63. The van der Waals surface area contributed by atoms with Crippen molar-refractivity contribution >= 4 is 5.78 Å². The third kappa shape index (κ3) is 2.74. The Morgan fingerprint density at radius 1 is 1.16 bits per heavy atom. The normalized spacial score (nSPS) is 29.4. The standard InChI is InChI=1S/C17H23NO/c1-2-3-12-4-6-13(7-5-12)17(19)14-10-15-8-9-16(11-14)18-15/h4-7,14-16,18H,2-3,8-11H2,1H3. The predicted molar refractivity (Wildman–Crippen MR) is 77.4 cm³/mol. The highest BCUT2D eigenvalue weighted by Gasteiger charge is 2.36. The molecule has 2 aliphatic heterocycles. The third-order valence-corrected chi connectivity index (χ3v) is 4.62. The number of piperidine rings is 1. The summed E-state index contributed by atoms with van der Waals surface area (Å²) in [4.78, 5) is 12.6. The molecule has 1 aromatic rings. The van der Waals surface area contributed by atoms with Crippen LogP contribution in [0.3, 0.4) is 0 Å². The Labute approximate surface area is 115 Å². The van der Waals surface area contributed by atoms with Crippen molar-refractivity contribution in [3.8, 4) is 0 Å². The van der Waals surface area contributed by atoms with E-state index in [1.165, 1.54) is 18.4 Å². The number of nitrogens with one attached hydrogen (secondary N) is 1. The summed E-state index contributed by atoms with van der Waals surface area (Å²) in [6, 6.07) is 9.46. The topological polar surface area (TPSA) is 29.1 Å². The Hall–Kier alpha value is -1.15. The van der Waals surface area contributed by atoms with Crippen molar-refractivity contribution in [2.75, 3.05) is 0 Å². The highest BCUT2D eigenvalue weighted by molar-refractivity contribution is 5.98. The van der Waals surface area contributed by atoms with Crippen molar-refractivity contribution < 1.29 is 4.79 Å². The number of hydrogen-bond acceptors (Lipinski definition) is 2. The summed E-state index contributed by atoms with van der Waals surface area (Å²) in [5, 5.41) is 3.60. The molecule has 2 nitrogen and oxygen atoms in total. The van der Waals surface area contributed by atoms with Crippen LogP contribution >= 0.6 is 0 Å². The lowest BCUT2D eigenvalue weighted by atomic mass is 9.85. The second kappa shape index (κ2) is 5.46. The average molecular weight is 257 g/mol. The maximum Gasteiger partial charge on any atom is 0.166 e. The lowest BCUT2D eigenvalue weighted by Gasteiger charge is -2.28. The minimum Gasteiger partial charge on any atom is -0.311 e. The van der Waals surface area contributed by atoms with Gasteiger partial charge in [0.1, 0.15) is 0 Å². The molecular weight excluding hydrogens is 234 g/mol. The molecule has 2 fully saturated rings. The highest BCUT2D eigenvalue weighted by Crippen LogP contribution is 2.32. The summed E-state index contributed by atoms with van der Waals surface area (Å²) in [6.45, 7) is 2.18. The van der Waals surface area contributed by atoms with Gasteiger partial charge in [-0.3, -0.25) is 4.79 Å². The molecule has 2 bridgehead atoms. The van der Waals surface area contributed by atoms with Gasteiger partial charge in [0.15, 0.2) is 5.78 Å². The molecule has 2 atom stereocenters. The van der Waals surface area contributed by atoms with E-state index in [1.807, 2.05) is 12.1 Å². The molecule has 0 radical (unpaired) electrons. The minimum absolute atomic E-state index is 0.246. The zero-order valence-corrected chi connectivity index (χ0v) is 11.7. The number of ketones is 1. The van der Waals surface area contributed by atoms with Gasteiger partial charge in [0, 0.05) is 23.6 Å². The molecule has 0 spiro atoms. The summed E-state index contributed by atoms with van der Waals surface area (Å²) >= 11 is 0. The SMILES string of the molecule is CCCc1ccc(C(=O)C2CC3CCC(C2)N3)cc1. The van der Waals surface area contributed by atoms with E-state index in [0.29, 0.717) is 17.9 Å². The number of carbonyl (C=O) groups is 1. The van der Waals surface area contributed by atoms with Gasteiger partial charge < -0.3 is 5.32 Å². The number of benzene rings is 1. The van der Waals surface area contributed by atoms with Crippen LogP contribution in [-0.4, -0.2) is 17.9 Å². The molecule has 3 rings (SSSR count). The quantitative estimate of drug-likeness (QED) is 0.838. The molecule has 19 heavy (non-hydrogen) atoms. The summed E-state index contributed by atoms with van der Waals surface area (Å²) in [6.07, 6.45) is 6.84. The Balaban J connectivity index is 1.69. The summed E-state index contributed by atoms with van der Waals surface area (Å²) in [5.41, 5.74) is 2.25. The van der Waals surface area contributed by atoms with Crippen molar-refractivity contribution in [3.05, 3.63) is 35.4 Å². The first-order valence-electron chi connectivity index (χ1n) is 7.65. The second-order valence-corrected chi connectivity index (χ2v) is 6.12. The van der Waals surface area contributed by atoms with Crippen molar-refractivity contribution in [2.24, 2.45) is 5.92 Å². The second-order valence-electron chi connectivity index (χ2n) is 6.12. The molecule has 0 aromatic heterocycles. The van der Waals surface area contributed by atoms with Crippen LogP contribution in [0.1, 0.15) is 54.9 Å². The van der Waals surface area contributed by atoms with Crippen LogP contribution in [0.15, 0.2) is 24.3 Å². The van der Waals surface area contributed by atoms with Crippen molar-refractivity contribution in [3.63, 3.8) is 0 Å². The van der Waals surface area contributed by atoms with Gasteiger partial charge in [-0.15, -0.1) is 0 Å². The van der Waals surface area contributed by atoms with Crippen LogP contribution in [0.25, 0.3) is 0 Å². The Kier molecular flexibility index (Phi) is 3.69. The molecule has 2 heterocycles. The molecule has 2 heteroatoms. The molecule has 0 aliphatic carbocycles. The smallest absolute Gasteiger partial charge is 0.166 e. The maximum atomic E-state index is 12.6. The number of carbonyl (C=O) groups excluding carboxylic acids is 1. The van der Waals surface area contributed by atoms with Gasteiger partial charge in [0.05, 0.1) is 0 Å². The zero-order chi connectivity index (χ0) is 13.2. The number of aryl methyl sites for hydroxylation is 1. The molecule has 2 saturated heterocycles. The van der Waals surface area contributed by atoms with Crippen molar-refractivity contribution in [2.45, 2.75) is 57.5 Å². The first-order valence-corrected chi connectivity index (χ1v) is 7.65. The van der Waals surface area contributed by atoms with Gasteiger partial charge in [0.25, 0.3) is 0 Å². The molecule has 2 aliphatic rings. The molecule has 0 amide bonds. The summed E-state index contributed by atoms with van der Waals surface area (Å²) in [5.74, 6) is 0.609. The highest BCUT2D eigenvalue weighted by atomic mass is 16.1. The fraction of sp³-hybridized carbons (Fsp3) is 0.588. The molecule has 1 aromatic carbocycles. The van der Waals surface area contributed by atoms with Crippen LogP contribution < -0.4 is 5.32 Å². The van der Waals surface area contributed by atoms with Crippen LogP contribution in [0.2, 0.25) is 0 Å². The van der Waals surface area contributed by atoms with E-state index >= 15 is 0 Å². The number of Topliss-reactive ketones (excluding diaryl/α,β-unsaturated/α-hetero) is 1. The van der Waals surface area contributed by atoms with Gasteiger partial charge in [-0.05, 0) is 37.7 Å². The summed E-state index contributed by atoms with van der Waals surface area (Å²) < 4.78 is 0. The number of fused-ring (bicyclic) bond motifs is 2. The van der Waals surface area contributed by atoms with Gasteiger partial charge in [-0.25, -0.2) is 0 Å². The first kappa shape index (κ1) is 12.9. The van der Waals surface area contributed by atoms with Crippen LogP contribution in [0.5, 0.6) is 0 Å². The van der Waals surface area contributed by atoms with Crippen LogP contribution in [0.4, 0.5) is 0 Å². The van der Waals surface area contributed by atoms with Crippen LogP contribution in [-0.2, 0) is 6.42 Å². The van der Waals surface area contributed by atoms with Crippen molar-refractivity contribution in [1.82, 2.24) is 5.32 Å². The van der Waals surface area contributed by atoms with E-state index in [4.69, 9.17) is 0 Å². The first-order chi connectivity index (χ1) is 9.26. The van der Waals surface area contributed by atoms with Gasteiger partial charge in [-0.1, -0.05) is 37.6 Å². The van der Waals surface area contributed by atoms with Crippen LogP contribution in [0, 0.1) is 5.92 Å². The molecular formula is C17H23NO. The number of rotatable bonds is 4. The zero-order valence-electron chi connectivity index (χ0n) is 11.7. The van der Waals surface area contributed by atoms with E-state index in [2.05, 4.69) is 24.4 Å². The van der Waals surface area contributed by atoms with E-state index in [-0.39, 0.29) is 5.92 Å². The lowest BCUT2D eigenvalue weighted by molar-refractivity contribution is 0.0875. The predicted octanol–water partition coefficient (Wildman–Crippen LogP) is 3.35. The molecule has 102 valence electrons. The Bertz CT molecular complexity index is 439. The van der Waals surface area contributed by atoms with Crippen molar-refractivity contribution in [1.29, 1.82) is 0 Å². The maximum absolute atomic E-state index is 12.6. The molecule has 0 saturated carbocycles.